The van der Waals surface area contributed by atoms with E-state index in [2.05, 4.69) is 20.3 Å². The molecule has 7 heteroatoms. The average Bonchev–Trinajstić information content (AvgIpc) is 2.82. The topological polar surface area (TPSA) is 95.2 Å². The van der Waals surface area contributed by atoms with Gasteiger partial charge in [-0.15, -0.1) is 0 Å². The number of nitrogens with zero attached hydrogens (tertiary/aromatic N) is 3. The van der Waals surface area contributed by atoms with Crippen molar-refractivity contribution in [3.05, 3.63) is 29.8 Å². The summed E-state index contributed by atoms with van der Waals surface area (Å²) >= 11 is 0. The van der Waals surface area contributed by atoms with Gasteiger partial charge in [-0.2, -0.15) is 15.0 Å². The maximum Gasteiger partial charge on any atom is 0.322 e. The first kappa shape index (κ1) is 11.5. The fourth-order valence-corrected chi connectivity index (χ4v) is 1.97. The average molecular weight is 259 g/mol. The van der Waals surface area contributed by atoms with E-state index in [0.717, 1.165) is 11.3 Å². The van der Waals surface area contributed by atoms with Crippen LogP contribution in [-0.4, -0.2) is 28.7 Å². The first-order valence-electron chi connectivity index (χ1n) is 5.80. The van der Waals surface area contributed by atoms with Gasteiger partial charge in [0.2, 0.25) is 11.9 Å². The third-order valence-electron chi connectivity index (χ3n) is 2.82. The van der Waals surface area contributed by atoms with Crippen LogP contribution in [0.1, 0.15) is 11.6 Å². The molecule has 0 saturated carbocycles. The van der Waals surface area contributed by atoms with Crippen molar-refractivity contribution in [1.29, 1.82) is 0 Å². The predicted octanol–water partition coefficient (Wildman–Crippen LogP) is 1.01. The Hall–Kier alpha value is -2.57. The normalized spacial score (nSPS) is 16.6. The number of nitrogens with two attached hydrogens (primary N) is 1. The molecule has 0 aliphatic carbocycles. The molecule has 2 aromatic rings. The number of nitrogens with one attached hydrogen (secondary N) is 1. The van der Waals surface area contributed by atoms with Gasteiger partial charge in [-0.1, -0.05) is 18.2 Å². The van der Waals surface area contributed by atoms with Crippen LogP contribution < -0.4 is 20.5 Å². The largest absolute Gasteiger partial charge is 0.491 e. The molecule has 1 atom stereocenters. The van der Waals surface area contributed by atoms with Gasteiger partial charge >= 0.3 is 6.01 Å². The molecule has 1 aromatic heterocycles. The smallest absolute Gasteiger partial charge is 0.322 e. The number of hydrogen-bond acceptors (Lipinski definition) is 7. The lowest BCUT2D eigenvalue weighted by Gasteiger charge is -2.12. The quantitative estimate of drug-likeness (QED) is 0.849. The molecule has 1 unspecified atom stereocenters. The van der Waals surface area contributed by atoms with Gasteiger partial charge in [0, 0.05) is 5.56 Å². The maximum atomic E-state index is 5.59. The van der Waals surface area contributed by atoms with Gasteiger partial charge in [-0.05, 0) is 6.07 Å². The molecular weight excluding hydrogens is 246 g/mol. The standard InChI is InChI=1S/C12H13N5O2/c1-18-12-16-10(13)15-11(17-12)14-8-6-19-9-5-3-2-4-7(8)9/h2-5,8H,6H2,1H3,(H3,13,14,15,16,17). The van der Waals surface area contributed by atoms with E-state index in [4.69, 9.17) is 15.2 Å². The van der Waals surface area contributed by atoms with E-state index in [-0.39, 0.29) is 18.0 Å². The SMILES string of the molecule is COc1nc(N)nc(NC2COc3ccccc32)n1. The molecule has 0 radical (unpaired) electrons. The Morgan fingerprint density at radius 1 is 1.32 bits per heavy atom. The summed E-state index contributed by atoms with van der Waals surface area (Å²) in [5, 5.41) is 3.17. The minimum absolute atomic E-state index is 0.0114. The number of nitrogen functional groups attached to an aromatic ring is 1. The van der Waals surface area contributed by atoms with E-state index in [1.54, 1.807) is 0 Å². The zero-order valence-electron chi connectivity index (χ0n) is 10.3. The van der Waals surface area contributed by atoms with Crippen molar-refractivity contribution in [3.8, 4) is 11.8 Å². The van der Waals surface area contributed by atoms with Crippen LogP contribution in [-0.2, 0) is 0 Å². The first-order valence-corrected chi connectivity index (χ1v) is 5.80. The third kappa shape index (κ3) is 2.22. The molecular formula is C12H13N5O2. The second-order valence-corrected chi connectivity index (χ2v) is 4.05. The van der Waals surface area contributed by atoms with E-state index in [0.29, 0.717) is 12.6 Å². The molecule has 3 N–H and O–H groups in total. The summed E-state index contributed by atoms with van der Waals surface area (Å²) in [5.41, 5.74) is 6.66. The predicted molar refractivity (Wildman–Crippen MR) is 69.1 cm³/mol. The number of para-hydroxylation sites is 1. The van der Waals surface area contributed by atoms with Gasteiger partial charge in [-0.3, -0.25) is 0 Å². The van der Waals surface area contributed by atoms with Crippen LogP contribution in [0.4, 0.5) is 11.9 Å². The zero-order valence-corrected chi connectivity index (χ0v) is 10.3. The van der Waals surface area contributed by atoms with Crippen molar-refractivity contribution in [2.24, 2.45) is 0 Å². The fourth-order valence-electron chi connectivity index (χ4n) is 1.97. The van der Waals surface area contributed by atoms with E-state index in [1.807, 2.05) is 24.3 Å². The second-order valence-electron chi connectivity index (χ2n) is 4.05. The van der Waals surface area contributed by atoms with E-state index in [9.17, 15) is 0 Å². The lowest BCUT2D eigenvalue weighted by molar-refractivity contribution is 0.339. The molecule has 0 fully saturated rings. The van der Waals surface area contributed by atoms with Crippen molar-refractivity contribution in [1.82, 2.24) is 15.0 Å². The Kier molecular flexibility index (Phi) is 2.79. The van der Waals surface area contributed by atoms with E-state index < -0.39 is 0 Å². The van der Waals surface area contributed by atoms with E-state index in [1.165, 1.54) is 7.11 Å². The molecule has 0 bridgehead atoms. The molecule has 0 saturated heterocycles. The summed E-state index contributed by atoms with van der Waals surface area (Å²) < 4.78 is 10.5. The van der Waals surface area contributed by atoms with E-state index >= 15 is 0 Å². The number of fused-ring (bicyclic) bond motifs is 1. The first-order chi connectivity index (χ1) is 9.26. The number of aromatic nitrogens is 3. The highest BCUT2D eigenvalue weighted by atomic mass is 16.5. The summed E-state index contributed by atoms with van der Waals surface area (Å²) in [7, 11) is 1.48. The highest BCUT2D eigenvalue weighted by Crippen LogP contribution is 2.33. The molecule has 1 aliphatic heterocycles. The number of methoxy groups -OCH3 is 1. The Balaban J connectivity index is 1.85. The van der Waals surface area contributed by atoms with Gasteiger partial charge in [0.15, 0.2) is 0 Å². The molecule has 1 aromatic carbocycles. The summed E-state index contributed by atoms with van der Waals surface area (Å²) in [6.07, 6.45) is 0. The summed E-state index contributed by atoms with van der Waals surface area (Å²) in [4.78, 5) is 12.0. The van der Waals surface area contributed by atoms with Crippen LogP contribution in [0.15, 0.2) is 24.3 Å². The third-order valence-corrected chi connectivity index (χ3v) is 2.82. The number of rotatable bonds is 3. The van der Waals surface area contributed by atoms with Crippen LogP contribution in [0, 0.1) is 0 Å². The van der Waals surface area contributed by atoms with Crippen LogP contribution >= 0.6 is 0 Å². The number of anilines is 2. The number of hydrogen-bond donors (Lipinski definition) is 2. The highest BCUT2D eigenvalue weighted by molar-refractivity contribution is 5.44. The van der Waals surface area contributed by atoms with Crippen molar-refractivity contribution in [2.75, 3.05) is 24.8 Å². The van der Waals surface area contributed by atoms with Gasteiger partial charge < -0.3 is 20.5 Å². The Bertz CT molecular complexity index is 604. The number of benzene rings is 1. The Morgan fingerprint density at radius 2 is 2.16 bits per heavy atom. The summed E-state index contributed by atoms with van der Waals surface area (Å²) in [6.45, 7) is 0.521. The van der Waals surface area contributed by atoms with Crippen LogP contribution in [0.3, 0.4) is 0 Å². The Labute approximate surface area is 109 Å². The monoisotopic (exact) mass is 259 g/mol. The van der Waals surface area contributed by atoms with Gasteiger partial charge in [0.05, 0.1) is 13.2 Å². The lowest BCUT2D eigenvalue weighted by atomic mass is 10.1. The van der Waals surface area contributed by atoms with Gasteiger partial charge in [0.1, 0.15) is 12.4 Å². The van der Waals surface area contributed by atoms with Crippen LogP contribution in [0.2, 0.25) is 0 Å². The molecule has 3 rings (SSSR count). The maximum absolute atomic E-state index is 5.59. The Morgan fingerprint density at radius 3 is 3.00 bits per heavy atom. The molecule has 0 spiro atoms. The van der Waals surface area contributed by atoms with Gasteiger partial charge in [0.25, 0.3) is 0 Å². The molecule has 1 aliphatic rings. The van der Waals surface area contributed by atoms with Crippen molar-refractivity contribution < 1.29 is 9.47 Å². The minimum atomic E-state index is -0.0114. The highest BCUT2D eigenvalue weighted by Gasteiger charge is 2.24. The van der Waals surface area contributed by atoms with Crippen LogP contribution in [0.25, 0.3) is 0 Å². The summed E-state index contributed by atoms with van der Waals surface area (Å²) in [5.74, 6) is 1.35. The summed E-state index contributed by atoms with van der Waals surface area (Å²) in [6, 6.07) is 8.00. The molecule has 7 nitrogen and oxygen atoms in total. The second kappa shape index (κ2) is 4.60. The van der Waals surface area contributed by atoms with Gasteiger partial charge in [-0.25, -0.2) is 0 Å². The molecule has 0 amide bonds. The van der Waals surface area contributed by atoms with Crippen LogP contribution in [0.5, 0.6) is 11.8 Å². The zero-order chi connectivity index (χ0) is 13.2. The van der Waals surface area contributed by atoms with Crippen molar-refractivity contribution in [2.45, 2.75) is 6.04 Å². The lowest BCUT2D eigenvalue weighted by Crippen LogP contribution is -2.15. The van der Waals surface area contributed by atoms with Crippen molar-refractivity contribution >= 4 is 11.9 Å². The molecule has 2 heterocycles. The molecule has 98 valence electrons. The van der Waals surface area contributed by atoms with Crippen molar-refractivity contribution in [3.63, 3.8) is 0 Å². The number of ether oxygens (including phenoxy) is 2. The fraction of sp³-hybridized carbons (Fsp3) is 0.250. The minimum Gasteiger partial charge on any atom is -0.491 e. The molecule has 19 heavy (non-hydrogen) atoms.